The second-order valence-electron chi connectivity index (χ2n) is 6.61. The third kappa shape index (κ3) is 2.16. The highest BCUT2D eigenvalue weighted by atomic mass is 16.2. The number of anilines is 1. The number of carbonyl (C=O) groups excluding carboxylic acids is 1. The van der Waals surface area contributed by atoms with Crippen LogP contribution in [-0.2, 0) is 6.42 Å². The minimum Gasteiger partial charge on any atom is -0.346 e. The lowest BCUT2D eigenvalue weighted by molar-refractivity contribution is 0.0980. The molecule has 116 valence electrons. The van der Waals surface area contributed by atoms with Crippen LogP contribution < -0.4 is 4.90 Å². The van der Waals surface area contributed by atoms with Gasteiger partial charge in [0.15, 0.2) is 0 Å². The van der Waals surface area contributed by atoms with Gasteiger partial charge in [-0.3, -0.25) is 4.79 Å². The highest BCUT2D eigenvalue weighted by Gasteiger charge is 2.32. The van der Waals surface area contributed by atoms with E-state index in [1.807, 2.05) is 30.0 Å². The number of aromatic nitrogens is 1. The first-order chi connectivity index (χ1) is 10.4. The third-order valence-corrected chi connectivity index (χ3v) is 4.66. The number of para-hydroxylation sites is 1. The van der Waals surface area contributed by atoms with E-state index in [1.165, 1.54) is 5.56 Å². The van der Waals surface area contributed by atoms with E-state index in [0.29, 0.717) is 6.04 Å². The Kier molecular flexibility index (Phi) is 3.59. The van der Waals surface area contributed by atoms with Gasteiger partial charge >= 0.3 is 0 Å². The molecule has 0 spiro atoms. The van der Waals surface area contributed by atoms with E-state index in [-0.39, 0.29) is 11.9 Å². The van der Waals surface area contributed by atoms with Crippen molar-refractivity contribution in [3.8, 4) is 0 Å². The summed E-state index contributed by atoms with van der Waals surface area (Å²) in [4.78, 5) is 15.1. The van der Waals surface area contributed by atoms with Crippen LogP contribution in [-0.4, -0.2) is 16.5 Å². The molecular weight excluding hydrogens is 272 g/mol. The second-order valence-corrected chi connectivity index (χ2v) is 6.61. The standard InChI is InChI=1S/C19H24N2O/c1-12(2)20-14(4)11-17(15(20)5)19(22)21-13(3)10-16-8-6-7-9-18(16)21/h6-9,11-13H,10H2,1-5H3. The zero-order valence-electron chi connectivity index (χ0n) is 14.1. The van der Waals surface area contributed by atoms with Gasteiger partial charge in [-0.25, -0.2) is 0 Å². The van der Waals surface area contributed by atoms with Crippen LogP contribution in [0.15, 0.2) is 30.3 Å². The Hall–Kier alpha value is -2.03. The number of benzene rings is 1. The van der Waals surface area contributed by atoms with Crippen molar-refractivity contribution in [2.24, 2.45) is 0 Å². The number of rotatable bonds is 2. The molecule has 1 aliphatic rings. The fourth-order valence-corrected chi connectivity index (χ4v) is 3.79. The molecule has 1 aromatic heterocycles. The molecule has 0 aliphatic carbocycles. The Balaban J connectivity index is 2.04. The summed E-state index contributed by atoms with van der Waals surface area (Å²) in [5.41, 5.74) is 5.37. The van der Waals surface area contributed by atoms with E-state index >= 15 is 0 Å². The summed E-state index contributed by atoms with van der Waals surface area (Å²) in [6.45, 7) is 10.6. The number of nitrogens with zero attached hydrogens (tertiary/aromatic N) is 2. The smallest absolute Gasteiger partial charge is 0.260 e. The number of aryl methyl sites for hydroxylation is 1. The Morgan fingerprint density at radius 2 is 1.91 bits per heavy atom. The molecule has 3 heteroatoms. The maximum atomic E-state index is 13.1. The minimum absolute atomic E-state index is 0.123. The monoisotopic (exact) mass is 296 g/mol. The summed E-state index contributed by atoms with van der Waals surface area (Å²) in [6, 6.07) is 10.8. The molecule has 0 saturated heterocycles. The van der Waals surface area contributed by atoms with E-state index < -0.39 is 0 Å². The number of hydrogen-bond donors (Lipinski definition) is 0. The summed E-state index contributed by atoms with van der Waals surface area (Å²) in [7, 11) is 0. The predicted octanol–water partition coefficient (Wildman–Crippen LogP) is 4.28. The fraction of sp³-hybridized carbons (Fsp3) is 0.421. The molecule has 0 saturated carbocycles. The maximum Gasteiger partial charge on any atom is 0.260 e. The Bertz CT molecular complexity index is 727. The van der Waals surface area contributed by atoms with Crippen LogP contribution >= 0.6 is 0 Å². The van der Waals surface area contributed by atoms with Gasteiger partial charge in [-0.05, 0) is 58.7 Å². The van der Waals surface area contributed by atoms with Gasteiger partial charge in [0.25, 0.3) is 5.91 Å². The average molecular weight is 296 g/mol. The molecule has 22 heavy (non-hydrogen) atoms. The van der Waals surface area contributed by atoms with Gasteiger partial charge in [0.1, 0.15) is 0 Å². The fourth-order valence-electron chi connectivity index (χ4n) is 3.79. The van der Waals surface area contributed by atoms with Crippen LogP contribution in [0.1, 0.15) is 54.1 Å². The van der Waals surface area contributed by atoms with Crippen molar-refractivity contribution in [1.29, 1.82) is 0 Å². The van der Waals surface area contributed by atoms with E-state index in [0.717, 1.165) is 29.1 Å². The lowest BCUT2D eigenvalue weighted by Crippen LogP contribution is -2.36. The zero-order valence-corrected chi connectivity index (χ0v) is 14.1. The Morgan fingerprint density at radius 3 is 2.55 bits per heavy atom. The van der Waals surface area contributed by atoms with Crippen LogP contribution in [0, 0.1) is 13.8 Å². The van der Waals surface area contributed by atoms with Crippen molar-refractivity contribution in [1.82, 2.24) is 4.57 Å². The minimum atomic E-state index is 0.123. The predicted molar refractivity (Wildman–Crippen MR) is 90.7 cm³/mol. The molecule has 3 rings (SSSR count). The van der Waals surface area contributed by atoms with E-state index in [1.54, 1.807) is 0 Å². The average Bonchev–Trinajstić information content (AvgIpc) is 2.94. The maximum absolute atomic E-state index is 13.1. The molecule has 1 atom stereocenters. The number of amides is 1. The van der Waals surface area contributed by atoms with Gasteiger partial charge in [0.2, 0.25) is 0 Å². The van der Waals surface area contributed by atoms with Crippen molar-refractivity contribution >= 4 is 11.6 Å². The van der Waals surface area contributed by atoms with Crippen LogP contribution in [0.2, 0.25) is 0 Å². The normalized spacial score (nSPS) is 17.2. The molecular formula is C19H24N2O. The highest BCUT2D eigenvalue weighted by Crippen LogP contribution is 2.34. The largest absolute Gasteiger partial charge is 0.346 e. The molecule has 0 N–H and O–H groups in total. The Labute approximate surface area is 132 Å². The van der Waals surface area contributed by atoms with Gasteiger partial charge in [0.05, 0.1) is 5.56 Å². The Morgan fingerprint density at radius 1 is 1.23 bits per heavy atom. The van der Waals surface area contributed by atoms with Crippen molar-refractivity contribution < 1.29 is 4.79 Å². The summed E-state index contributed by atoms with van der Waals surface area (Å²) in [5.74, 6) is 0.123. The lowest BCUT2D eigenvalue weighted by Gasteiger charge is -2.23. The molecule has 1 unspecified atom stereocenters. The number of carbonyl (C=O) groups is 1. The van der Waals surface area contributed by atoms with Crippen molar-refractivity contribution in [3.63, 3.8) is 0 Å². The van der Waals surface area contributed by atoms with Gasteiger partial charge in [0, 0.05) is 29.2 Å². The van der Waals surface area contributed by atoms with Crippen LogP contribution in [0.4, 0.5) is 5.69 Å². The molecule has 0 fully saturated rings. The van der Waals surface area contributed by atoms with Gasteiger partial charge in [-0.1, -0.05) is 18.2 Å². The lowest BCUT2D eigenvalue weighted by atomic mass is 10.1. The highest BCUT2D eigenvalue weighted by molar-refractivity contribution is 6.08. The van der Waals surface area contributed by atoms with E-state index in [9.17, 15) is 4.79 Å². The molecule has 2 heterocycles. The quantitative estimate of drug-likeness (QED) is 0.812. The molecule has 1 amide bonds. The first-order valence-electron chi connectivity index (χ1n) is 8.01. The number of fused-ring (bicyclic) bond motifs is 1. The summed E-state index contributed by atoms with van der Waals surface area (Å²) >= 11 is 0. The molecule has 2 aromatic rings. The molecule has 1 aromatic carbocycles. The summed E-state index contributed by atoms with van der Waals surface area (Å²) < 4.78 is 2.24. The molecule has 1 aliphatic heterocycles. The van der Waals surface area contributed by atoms with E-state index in [4.69, 9.17) is 0 Å². The van der Waals surface area contributed by atoms with Gasteiger partial charge in [-0.2, -0.15) is 0 Å². The molecule has 0 bridgehead atoms. The first kappa shape index (κ1) is 14.9. The van der Waals surface area contributed by atoms with Crippen molar-refractivity contribution in [3.05, 3.63) is 52.8 Å². The van der Waals surface area contributed by atoms with Crippen LogP contribution in [0.5, 0.6) is 0 Å². The van der Waals surface area contributed by atoms with Crippen LogP contribution in [0.25, 0.3) is 0 Å². The zero-order chi connectivity index (χ0) is 16.0. The summed E-state index contributed by atoms with van der Waals surface area (Å²) in [6.07, 6.45) is 0.935. The third-order valence-electron chi connectivity index (χ3n) is 4.66. The van der Waals surface area contributed by atoms with Crippen molar-refractivity contribution in [2.75, 3.05) is 4.90 Å². The van der Waals surface area contributed by atoms with Gasteiger partial charge in [-0.15, -0.1) is 0 Å². The number of hydrogen-bond acceptors (Lipinski definition) is 1. The van der Waals surface area contributed by atoms with Crippen LogP contribution in [0.3, 0.4) is 0 Å². The second kappa shape index (κ2) is 5.31. The first-order valence-corrected chi connectivity index (χ1v) is 8.01. The molecule has 0 radical (unpaired) electrons. The van der Waals surface area contributed by atoms with E-state index in [2.05, 4.69) is 44.4 Å². The van der Waals surface area contributed by atoms with Gasteiger partial charge < -0.3 is 9.47 Å². The molecule has 3 nitrogen and oxygen atoms in total. The topological polar surface area (TPSA) is 25.2 Å². The van der Waals surface area contributed by atoms with Crippen molar-refractivity contribution in [2.45, 2.75) is 53.1 Å². The summed E-state index contributed by atoms with van der Waals surface area (Å²) in [5, 5.41) is 0. The SMILES string of the molecule is Cc1cc(C(=O)N2c3ccccc3CC2C)c(C)n1C(C)C.